The fourth-order valence-corrected chi connectivity index (χ4v) is 1.75. The van der Waals surface area contributed by atoms with Crippen LogP contribution < -0.4 is 5.32 Å². The maximum atomic E-state index is 11.9. The molecular formula is C14H21NO2. The number of amides is 1. The molecule has 1 aromatic carbocycles. The number of benzene rings is 1. The van der Waals surface area contributed by atoms with E-state index in [1.165, 1.54) is 0 Å². The summed E-state index contributed by atoms with van der Waals surface area (Å²) in [5, 5.41) is 12.0. The highest BCUT2D eigenvalue weighted by molar-refractivity contribution is 5.93. The number of para-hydroxylation sites is 1. The van der Waals surface area contributed by atoms with Crippen LogP contribution in [0.5, 0.6) is 0 Å². The number of carbonyl (C=O) groups is 1. The van der Waals surface area contributed by atoms with Gasteiger partial charge in [-0.1, -0.05) is 39.0 Å². The summed E-state index contributed by atoms with van der Waals surface area (Å²) in [7, 11) is 0. The van der Waals surface area contributed by atoms with Gasteiger partial charge in [0.1, 0.15) is 0 Å². The van der Waals surface area contributed by atoms with Crippen LogP contribution in [0.1, 0.15) is 38.7 Å². The maximum absolute atomic E-state index is 11.9. The molecule has 1 unspecified atom stereocenters. The van der Waals surface area contributed by atoms with Gasteiger partial charge >= 0.3 is 0 Å². The van der Waals surface area contributed by atoms with Crippen LogP contribution in [0.15, 0.2) is 24.3 Å². The second-order valence-corrected chi connectivity index (χ2v) is 4.52. The highest BCUT2D eigenvalue weighted by Crippen LogP contribution is 2.24. The second-order valence-electron chi connectivity index (χ2n) is 4.52. The van der Waals surface area contributed by atoms with Crippen LogP contribution in [0.3, 0.4) is 0 Å². The molecule has 0 saturated carbocycles. The fraction of sp³-hybridized carbons (Fsp3) is 0.500. The van der Waals surface area contributed by atoms with Crippen LogP contribution in [0.4, 0.5) is 5.69 Å². The Balaban J connectivity index is 2.84. The molecule has 1 atom stereocenters. The van der Waals surface area contributed by atoms with Gasteiger partial charge in [-0.2, -0.15) is 0 Å². The van der Waals surface area contributed by atoms with Crippen LogP contribution in [-0.2, 0) is 4.79 Å². The number of aliphatic hydroxyl groups is 1. The first-order valence-corrected chi connectivity index (χ1v) is 6.10. The highest BCUT2D eigenvalue weighted by atomic mass is 16.3. The largest absolute Gasteiger partial charge is 0.396 e. The zero-order chi connectivity index (χ0) is 12.8. The van der Waals surface area contributed by atoms with Crippen LogP contribution in [-0.4, -0.2) is 17.6 Å². The Labute approximate surface area is 103 Å². The SMILES string of the molecule is CCC(CO)C(=O)Nc1ccccc1C(C)C. The summed E-state index contributed by atoms with van der Waals surface area (Å²) in [6.07, 6.45) is 0.645. The van der Waals surface area contributed by atoms with Crippen molar-refractivity contribution in [1.82, 2.24) is 0 Å². The summed E-state index contributed by atoms with van der Waals surface area (Å²) in [6.45, 7) is 5.98. The highest BCUT2D eigenvalue weighted by Gasteiger charge is 2.16. The number of anilines is 1. The minimum Gasteiger partial charge on any atom is -0.396 e. The van der Waals surface area contributed by atoms with Crippen molar-refractivity contribution in [1.29, 1.82) is 0 Å². The molecule has 17 heavy (non-hydrogen) atoms. The van der Waals surface area contributed by atoms with Crippen molar-refractivity contribution in [2.45, 2.75) is 33.1 Å². The molecule has 0 saturated heterocycles. The quantitative estimate of drug-likeness (QED) is 0.824. The number of rotatable bonds is 5. The van der Waals surface area contributed by atoms with Gasteiger partial charge in [0.25, 0.3) is 0 Å². The summed E-state index contributed by atoms with van der Waals surface area (Å²) in [6, 6.07) is 7.78. The first-order chi connectivity index (χ1) is 8.10. The Morgan fingerprint density at radius 2 is 2.00 bits per heavy atom. The zero-order valence-corrected chi connectivity index (χ0v) is 10.7. The van der Waals surface area contributed by atoms with E-state index >= 15 is 0 Å². The number of hydrogen-bond acceptors (Lipinski definition) is 2. The molecule has 0 aromatic heterocycles. The lowest BCUT2D eigenvalue weighted by atomic mass is 10.0. The van der Waals surface area contributed by atoms with E-state index in [9.17, 15) is 4.79 Å². The molecule has 1 rings (SSSR count). The molecule has 0 aliphatic rings. The van der Waals surface area contributed by atoms with Crippen molar-refractivity contribution in [2.75, 3.05) is 11.9 Å². The van der Waals surface area contributed by atoms with Gasteiger partial charge in [-0.05, 0) is 24.0 Å². The van der Waals surface area contributed by atoms with E-state index in [0.717, 1.165) is 11.3 Å². The molecule has 3 heteroatoms. The Kier molecular flexibility index (Phi) is 5.16. The Morgan fingerprint density at radius 1 is 1.35 bits per heavy atom. The lowest BCUT2D eigenvalue weighted by molar-refractivity contribution is -0.121. The van der Waals surface area contributed by atoms with E-state index in [4.69, 9.17) is 5.11 Å². The van der Waals surface area contributed by atoms with Gasteiger partial charge in [-0.3, -0.25) is 4.79 Å². The maximum Gasteiger partial charge on any atom is 0.229 e. The van der Waals surface area contributed by atoms with Gasteiger partial charge in [0.05, 0.1) is 12.5 Å². The molecule has 0 fully saturated rings. The molecular weight excluding hydrogens is 214 g/mol. The van der Waals surface area contributed by atoms with Gasteiger partial charge in [-0.15, -0.1) is 0 Å². The van der Waals surface area contributed by atoms with Crippen LogP contribution in [0.25, 0.3) is 0 Å². The molecule has 0 spiro atoms. The van der Waals surface area contributed by atoms with E-state index in [-0.39, 0.29) is 18.4 Å². The zero-order valence-electron chi connectivity index (χ0n) is 10.7. The molecule has 1 aromatic rings. The number of carbonyl (C=O) groups excluding carboxylic acids is 1. The molecule has 0 aliphatic carbocycles. The van der Waals surface area contributed by atoms with Crippen molar-refractivity contribution in [2.24, 2.45) is 5.92 Å². The van der Waals surface area contributed by atoms with Crippen molar-refractivity contribution in [3.8, 4) is 0 Å². The Bertz CT molecular complexity index is 370. The van der Waals surface area contributed by atoms with Crippen molar-refractivity contribution in [3.63, 3.8) is 0 Å². The Hall–Kier alpha value is -1.35. The summed E-state index contributed by atoms with van der Waals surface area (Å²) in [5.41, 5.74) is 1.97. The van der Waals surface area contributed by atoms with Gasteiger partial charge in [0.15, 0.2) is 0 Å². The van der Waals surface area contributed by atoms with Crippen molar-refractivity contribution < 1.29 is 9.90 Å². The minimum absolute atomic E-state index is 0.105. The van der Waals surface area contributed by atoms with E-state index in [0.29, 0.717) is 12.3 Å². The first kappa shape index (κ1) is 13.7. The topological polar surface area (TPSA) is 49.3 Å². The van der Waals surface area contributed by atoms with Crippen molar-refractivity contribution in [3.05, 3.63) is 29.8 Å². The van der Waals surface area contributed by atoms with Crippen LogP contribution in [0, 0.1) is 5.92 Å². The fourth-order valence-electron chi connectivity index (χ4n) is 1.75. The molecule has 1 amide bonds. The smallest absolute Gasteiger partial charge is 0.229 e. The van der Waals surface area contributed by atoms with Gasteiger partial charge in [0.2, 0.25) is 5.91 Å². The molecule has 3 nitrogen and oxygen atoms in total. The average molecular weight is 235 g/mol. The number of aliphatic hydroxyl groups excluding tert-OH is 1. The van der Waals surface area contributed by atoms with E-state index < -0.39 is 0 Å². The third kappa shape index (κ3) is 3.56. The lowest BCUT2D eigenvalue weighted by Crippen LogP contribution is -2.25. The molecule has 0 aliphatic heterocycles. The third-order valence-electron chi connectivity index (χ3n) is 2.92. The van der Waals surface area contributed by atoms with E-state index in [1.54, 1.807) is 0 Å². The van der Waals surface area contributed by atoms with Gasteiger partial charge < -0.3 is 10.4 Å². The molecule has 0 bridgehead atoms. The summed E-state index contributed by atoms with van der Waals surface area (Å²) in [5.74, 6) is -0.0704. The molecule has 94 valence electrons. The second kappa shape index (κ2) is 6.40. The average Bonchev–Trinajstić information content (AvgIpc) is 2.31. The van der Waals surface area contributed by atoms with Gasteiger partial charge in [0, 0.05) is 5.69 Å². The predicted octanol–water partition coefficient (Wildman–Crippen LogP) is 2.77. The number of nitrogens with one attached hydrogen (secondary N) is 1. The monoisotopic (exact) mass is 235 g/mol. The minimum atomic E-state index is -0.324. The molecule has 0 radical (unpaired) electrons. The van der Waals surface area contributed by atoms with Crippen molar-refractivity contribution >= 4 is 11.6 Å². The number of hydrogen-bond donors (Lipinski definition) is 2. The standard InChI is InChI=1S/C14H21NO2/c1-4-11(9-16)14(17)15-13-8-6-5-7-12(13)10(2)3/h5-8,10-11,16H,4,9H2,1-3H3,(H,15,17). The van der Waals surface area contributed by atoms with Crippen LogP contribution in [0.2, 0.25) is 0 Å². The van der Waals surface area contributed by atoms with E-state index in [2.05, 4.69) is 19.2 Å². The summed E-state index contributed by atoms with van der Waals surface area (Å²) >= 11 is 0. The summed E-state index contributed by atoms with van der Waals surface area (Å²) < 4.78 is 0. The predicted molar refractivity (Wildman–Crippen MR) is 70.0 cm³/mol. The Morgan fingerprint density at radius 3 is 2.53 bits per heavy atom. The third-order valence-corrected chi connectivity index (χ3v) is 2.92. The van der Waals surface area contributed by atoms with Gasteiger partial charge in [-0.25, -0.2) is 0 Å². The first-order valence-electron chi connectivity index (χ1n) is 6.10. The summed E-state index contributed by atoms with van der Waals surface area (Å²) in [4.78, 5) is 11.9. The molecule has 2 N–H and O–H groups in total. The van der Waals surface area contributed by atoms with E-state index in [1.807, 2.05) is 31.2 Å². The normalized spacial score (nSPS) is 12.5. The molecule has 0 heterocycles. The van der Waals surface area contributed by atoms with Crippen LogP contribution >= 0.6 is 0 Å². The lowest BCUT2D eigenvalue weighted by Gasteiger charge is -2.16.